The highest BCUT2D eigenvalue weighted by molar-refractivity contribution is 7.80. The van der Waals surface area contributed by atoms with Crippen LogP contribution in [-0.2, 0) is 14.3 Å². The van der Waals surface area contributed by atoms with Crippen molar-refractivity contribution < 1.29 is 19.1 Å². The molecule has 0 saturated carbocycles. The second-order valence-corrected chi connectivity index (χ2v) is 6.51. The number of rotatable bonds is 4. The number of thiol groups is 1. The summed E-state index contributed by atoms with van der Waals surface area (Å²) < 4.78 is 10.5. The zero-order valence-corrected chi connectivity index (χ0v) is 13.4. The van der Waals surface area contributed by atoms with Crippen molar-refractivity contribution in [2.75, 3.05) is 25.4 Å². The minimum Gasteiger partial charge on any atom is -0.465 e. The number of amides is 1. The third-order valence-corrected chi connectivity index (χ3v) is 3.29. The van der Waals surface area contributed by atoms with E-state index in [1.165, 1.54) is 0 Å². The lowest BCUT2D eigenvalue weighted by atomic mass is 9.98. The van der Waals surface area contributed by atoms with E-state index in [2.05, 4.69) is 12.6 Å². The lowest BCUT2D eigenvalue weighted by Gasteiger charge is -2.33. The largest absolute Gasteiger partial charge is 0.465 e. The van der Waals surface area contributed by atoms with Crippen LogP contribution in [0.25, 0.3) is 0 Å². The highest BCUT2D eigenvalue weighted by atomic mass is 32.1. The van der Waals surface area contributed by atoms with Crippen molar-refractivity contribution in [3.8, 4) is 0 Å². The quantitative estimate of drug-likeness (QED) is 0.640. The maximum atomic E-state index is 11.9. The average molecular weight is 303 g/mol. The zero-order chi connectivity index (χ0) is 15.2. The van der Waals surface area contributed by atoms with E-state index in [4.69, 9.17) is 9.47 Å². The van der Waals surface area contributed by atoms with E-state index in [-0.39, 0.29) is 12.1 Å². The van der Waals surface area contributed by atoms with Crippen LogP contribution in [0.2, 0.25) is 0 Å². The molecule has 20 heavy (non-hydrogen) atoms. The molecule has 0 radical (unpaired) electrons. The molecular formula is C14H25NO4S. The molecule has 0 aliphatic carbocycles. The standard InChI is InChI=1S/C14H25NO4S/c1-14(2,3)19-13(17)15-7-4-11(5-8-15)10-18-12(16)6-9-20/h11,20H,4-10H2,1-3H3. The van der Waals surface area contributed by atoms with E-state index in [0.29, 0.717) is 37.8 Å². The Kier molecular flexibility index (Phi) is 6.65. The number of hydrogen-bond acceptors (Lipinski definition) is 5. The Morgan fingerprint density at radius 1 is 1.25 bits per heavy atom. The molecule has 0 aromatic carbocycles. The van der Waals surface area contributed by atoms with Crippen LogP contribution >= 0.6 is 12.6 Å². The predicted molar refractivity (Wildman–Crippen MR) is 80.0 cm³/mol. The minimum absolute atomic E-state index is 0.199. The predicted octanol–water partition coefficient (Wildman–Crippen LogP) is 2.50. The molecule has 0 aromatic heterocycles. The van der Waals surface area contributed by atoms with Crippen LogP contribution < -0.4 is 0 Å². The first-order chi connectivity index (χ1) is 9.31. The number of carbonyl (C=O) groups is 2. The van der Waals surface area contributed by atoms with E-state index >= 15 is 0 Å². The molecule has 1 saturated heterocycles. The van der Waals surface area contributed by atoms with Gasteiger partial charge in [0, 0.05) is 18.8 Å². The normalized spacial score (nSPS) is 16.9. The number of nitrogens with zero attached hydrogens (tertiary/aromatic N) is 1. The monoisotopic (exact) mass is 303 g/mol. The van der Waals surface area contributed by atoms with Crippen molar-refractivity contribution in [3.05, 3.63) is 0 Å². The third kappa shape index (κ3) is 6.50. The number of esters is 1. The summed E-state index contributed by atoms with van der Waals surface area (Å²) in [6, 6.07) is 0. The number of likely N-dealkylation sites (tertiary alicyclic amines) is 1. The van der Waals surface area contributed by atoms with Crippen LogP contribution in [0.4, 0.5) is 4.79 Å². The molecule has 0 unspecified atom stereocenters. The Morgan fingerprint density at radius 3 is 2.35 bits per heavy atom. The summed E-state index contributed by atoms with van der Waals surface area (Å²) in [5.41, 5.74) is -0.462. The summed E-state index contributed by atoms with van der Waals surface area (Å²) in [6.07, 6.45) is 1.77. The van der Waals surface area contributed by atoms with Gasteiger partial charge >= 0.3 is 12.1 Å². The maximum absolute atomic E-state index is 11.9. The van der Waals surface area contributed by atoms with Gasteiger partial charge in [-0.05, 0) is 39.5 Å². The minimum atomic E-state index is -0.462. The molecule has 1 amide bonds. The molecule has 0 bridgehead atoms. The SMILES string of the molecule is CC(C)(C)OC(=O)N1CCC(COC(=O)CCS)CC1. The van der Waals surface area contributed by atoms with Gasteiger partial charge in [0.2, 0.25) is 0 Å². The third-order valence-electron chi connectivity index (χ3n) is 3.06. The van der Waals surface area contributed by atoms with Gasteiger partial charge in [0.1, 0.15) is 5.60 Å². The van der Waals surface area contributed by atoms with Crippen LogP contribution in [0.15, 0.2) is 0 Å². The summed E-state index contributed by atoms with van der Waals surface area (Å²) in [6.45, 7) is 7.33. The van der Waals surface area contributed by atoms with Crippen LogP contribution in [0.3, 0.4) is 0 Å². The highest BCUT2D eigenvalue weighted by Gasteiger charge is 2.27. The summed E-state index contributed by atoms with van der Waals surface area (Å²) in [5, 5.41) is 0. The van der Waals surface area contributed by atoms with Gasteiger partial charge in [-0.1, -0.05) is 0 Å². The second-order valence-electron chi connectivity index (χ2n) is 6.07. The van der Waals surface area contributed by atoms with E-state index in [0.717, 1.165) is 12.8 Å². The molecular weight excluding hydrogens is 278 g/mol. The first-order valence-electron chi connectivity index (χ1n) is 7.06. The van der Waals surface area contributed by atoms with Gasteiger partial charge in [-0.3, -0.25) is 4.79 Å². The molecule has 6 heteroatoms. The lowest BCUT2D eigenvalue weighted by Crippen LogP contribution is -2.42. The van der Waals surface area contributed by atoms with Gasteiger partial charge in [-0.25, -0.2) is 4.79 Å². The maximum Gasteiger partial charge on any atom is 0.410 e. The summed E-state index contributed by atoms with van der Waals surface area (Å²) in [5.74, 6) is 0.641. The van der Waals surface area contributed by atoms with Gasteiger partial charge in [0.25, 0.3) is 0 Å². The fourth-order valence-electron chi connectivity index (χ4n) is 1.98. The molecule has 1 aliphatic heterocycles. The van der Waals surface area contributed by atoms with Gasteiger partial charge in [-0.15, -0.1) is 0 Å². The van der Waals surface area contributed by atoms with E-state index in [1.807, 2.05) is 20.8 Å². The van der Waals surface area contributed by atoms with Crippen LogP contribution in [0, 0.1) is 5.92 Å². The van der Waals surface area contributed by atoms with Crippen molar-refractivity contribution in [3.63, 3.8) is 0 Å². The molecule has 1 heterocycles. The fourth-order valence-corrected chi connectivity index (χ4v) is 2.17. The molecule has 1 fully saturated rings. The van der Waals surface area contributed by atoms with Crippen LogP contribution in [0.1, 0.15) is 40.0 Å². The Hall–Kier alpha value is -0.910. The molecule has 0 spiro atoms. The van der Waals surface area contributed by atoms with E-state index < -0.39 is 5.60 Å². The first-order valence-corrected chi connectivity index (χ1v) is 7.69. The van der Waals surface area contributed by atoms with E-state index in [9.17, 15) is 9.59 Å². The van der Waals surface area contributed by atoms with Gasteiger partial charge < -0.3 is 14.4 Å². The zero-order valence-electron chi connectivity index (χ0n) is 12.6. The lowest BCUT2D eigenvalue weighted by molar-refractivity contribution is -0.145. The smallest absolute Gasteiger partial charge is 0.410 e. The van der Waals surface area contributed by atoms with Gasteiger partial charge in [0.15, 0.2) is 0 Å². The topological polar surface area (TPSA) is 55.8 Å². The molecule has 5 nitrogen and oxygen atoms in total. The molecule has 116 valence electrons. The summed E-state index contributed by atoms with van der Waals surface area (Å²) in [7, 11) is 0. The highest BCUT2D eigenvalue weighted by Crippen LogP contribution is 2.20. The van der Waals surface area contributed by atoms with Crippen molar-refractivity contribution in [2.45, 2.75) is 45.6 Å². The Balaban J connectivity index is 2.26. The van der Waals surface area contributed by atoms with Crippen LogP contribution in [0.5, 0.6) is 0 Å². The Labute approximate surface area is 126 Å². The molecule has 1 aliphatic rings. The fraction of sp³-hybridized carbons (Fsp3) is 0.857. The van der Waals surface area contributed by atoms with Crippen molar-refractivity contribution in [1.82, 2.24) is 4.90 Å². The number of ether oxygens (including phenoxy) is 2. The summed E-state index contributed by atoms with van der Waals surface area (Å²) >= 11 is 3.99. The molecule has 0 atom stereocenters. The Bertz CT molecular complexity index is 333. The number of carbonyl (C=O) groups excluding carboxylic acids is 2. The van der Waals surface area contributed by atoms with Gasteiger partial charge in [-0.2, -0.15) is 12.6 Å². The van der Waals surface area contributed by atoms with E-state index in [1.54, 1.807) is 4.90 Å². The summed E-state index contributed by atoms with van der Waals surface area (Å²) in [4.78, 5) is 24.9. The number of piperidine rings is 1. The van der Waals surface area contributed by atoms with Crippen LogP contribution in [-0.4, -0.2) is 48.0 Å². The second kappa shape index (κ2) is 7.76. The average Bonchev–Trinajstić information content (AvgIpc) is 2.35. The first kappa shape index (κ1) is 17.1. The van der Waals surface area contributed by atoms with Crippen molar-refractivity contribution in [2.24, 2.45) is 5.92 Å². The Morgan fingerprint density at radius 2 is 1.85 bits per heavy atom. The molecule has 0 aromatic rings. The van der Waals surface area contributed by atoms with Crippen molar-refractivity contribution >= 4 is 24.7 Å². The molecule has 0 N–H and O–H groups in total. The molecule has 1 rings (SSSR count). The number of hydrogen-bond donors (Lipinski definition) is 1. The van der Waals surface area contributed by atoms with Gasteiger partial charge in [0.05, 0.1) is 13.0 Å². The van der Waals surface area contributed by atoms with Crippen molar-refractivity contribution in [1.29, 1.82) is 0 Å².